The Morgan fingerprint density at radius 2 is 1.84 bits per heavy atom. The molecule has 0 saturated heterocycles. The molecule has 0 unspecified atom stereocenters. The second-order valence-electron chi connectivity index (χ2n) is 7.52. The minimum atomic E-state index is -1.01. The van der Waals surface area contributed by atoms with Crippen LogP contribution in [0.2, 0.25) is 0 Å². The summed E-state index contributed by atoms with van der Waals surface area (Å²) < 4.78 is 15.9. The molecule has 0 saturated carbocycles. The molecule has 0 aliphatic rings. The highest BCUT2D eigenvalue weighted by molar-refractivity contribution is 5.87. The number of carboxylic acids is 1. The zero-order chi connectivity index (χ0) is 23.1. The lowest BCUT2D eigenvalue weighted by Crippen LogP contribution is -2.32. The number of aromatic nitrogens is 1. The number of carboxylic acid groups (broad SMARTS) is 1. The predicted octanol–water partition coefficient (Wildman–Crippen LogP) is 3.90. The molecule has 1 atom stereocenters. The number of hydrogen-bond donors (Lipinski definition) is 1. The summed E-state index contributed by atoms with van der Waals surface area (Å²) in [6.45, 7) is 7.51. The number of aliphatic carboxylic acids is 1. The van der Waals surface area contributed by atoms with Gasteiger partial charge in [0, 0.05) is 23.7 Å². The molecule has 0 aliphatic carbocycles. The summed E-state index contributed by atoms with van der Waals surface area (Å²) in [7, 11) is 2.89. The summed E-state index contributed by atoms with van der Waals surface area (Å²) in [5.41, 5.74) is 3.18. The number of amides is 1. The van der Waals surface area contributed by atoms with Crippen LogP contribution in [0, 0.1) is 13.8 Å². The normalized spacial score (nSPS) is 11.8. The molecule has 1 heterocycles. The first-order valence-corrected chi connectivity index (χ1v) is 9.99. The molecule has 0 aliphatic heterocycles. The van der Waals surface area contributed by atoms with E-state index in [4.69, 9.17) is 14.2 Å². The van der Waals surface area contributed by atoms with Crippen LogP contribution in [0.4, 0.5) is 10.6 Å². The lowest BCUT2D eigenvalue weighted by Gasteiger charge is -2.24. The van der Waals surface area contributed by atoms with Crippen LogP contribution in [-0.2, 0) is 27.2 Å². The molecular weight excluding hydrogens is 400 g/mol. The average molecular weight is 431 g/mol. The van der Waals surface area contributed by atoms with E-state index in [9.17, 15) is 14.7 Å². The van der Waals surface area contributed by atoms with Crippen LogP contribution in [0.15, 0.2) is 30.5 Å². The van der Waals surface area contributed by atoms with E-state index in [1.165, 1.54) is 12.0 Å². The van der Waals surface area contributed by atoms with Crippen molar-refractivity contribution in [3.63, 3.8) is 0 Å². The monoisotopic (exact) mass is 430 g/mol. The van der Waals surface area contributed by atoms with E-state index in [0.717, 1.165) is 22.3 Å². The maximum absolute atomic E-state index is 12.6. The van der Waals surface area contributed by atoms with Gasteiger partial charge in [-0.2, -0.15) is 0 Å². The van der Waals surface area contributed by atoms with Gasteiger partial charge in [-0.05, 0) is 38.8 Å². The fourth-order valence-corrected chi connectivity index (χ4v) is 3.41. The van der Waals surface area contributed by atoms with Gasteiger partial charge in [0.15, 0.2) is 6.10 Å². The van der Waals surface area contributed by atoms with Gasteiger partial charge in [-0.1, -0.05) is 24.3 Å². The van der Waals surface area contributed by atoms with Gasteiger partial charge < -0.3 is 19.3 Å². The van der Waals surface area contributed by atoms with Crippen LogP contribution in [0.25, 0.3) is 0 Å². The Morgan fingerprint density at radius 1 is 1.16 bits per heavy atom. The summed E-state index contributed by atoms with van der Waals surface area (Å²) >= 11 is 0. The molecule has 31 heavy (non-hydrogen) atoms. The van der Waals surface area contributed by atoms with Gasteiger partial charge >= 0.3 is 12.1 Å². The summed E-state index contributed by atoms with van der Waals surface area (Å²) in [5, 5.41) is 9.44. The highest BCUT2D eigenvalue weighted by Gasteiger charge is 2.24. The number of nitrogens with zero attached hydrogens (tertiary/aromatic N) is 2. The molecule has 2 rings (SSSR count). The summed E-state index contributed by atoms with van der Waals surface area (Å²) in [6.07, 6.45) is 0.157. The van der Waals surface area contributed by atoms with E-state index in [1.54, 1.807) is 27.2 Å². The van der Waals surface area contributed by atoms with Crippen LogP contribution in [0.1, 0.15) is 36.1 Å². The van der Waals surface area contributed by atoms with Gasteiger partial charge in [0.05, 0.1) is 26.9 Å². The van der Waals surface area contributed by atoms with Crippen molar-refractivity contribution in [1.29, 1.82) is 0 Å². The number of anilines is 1. The first kappa shape index (κ1) is 24.1. The van der Waals surface area contributed by atoms with Gasteiger partial charge in [-0.3, -0.25) is 4.90 Å². The molecule has 1 aromatic carbocycles. The first-order chi connectivity index (χ1) is 14.7. The summed E-state index contributed by atoms with van der Waals surface area (Å²) in [4.78, 5) is 29.9. The van der Waals surface area contributed by atoms with Crippen molar-refractivity contribution in [2.45, 2.75) is 52.9 Å². The van der Waals surface area contributed by atoms with Crippen LogP contribution in [-0.4, -0.2) is 48.6 Å². The number of methoxy groups -OCH3 is 2. The molecule has 0 fully saturated rings. The predicted molar refractivity (Wildman–Crippen MR) is 117 cm³/mol. The largest absolute Gasteiger partial charge is 0.496 e. The van der Waals surface area contributed by atoms with Crippen molar-refractivity contribution in [2.75, 3.05) is 19.1 Å². The third kappa shape index (κ3) is 6.18. The van der Waals surface area contributed by atoms with Crippen molar-refractivity contribution in [1.82, 2.24) is 4.98 Å². The van der Waals surface area contributed by atoms with Crippen molar-refractivity contribution in [3.8, 4) is 5.75 Å². The fraction of sp³-hybridized carbons (Fsp3) is 0.435. The molecule has 0 spiro atoms. The number of benzene rings is 1. The molecule has 0 radical (unpaired) electrons. The van der Waals surface area contributed by atoms with Gasteiger partial charge in [0.2, 0.25) is 0 Å². The maximum atomic E-state index is 12.6. The van der Waals surface area contributed by atoms with Crippen LogP contribution in [0.3, 0.4) is 0 Å². The molecule has 2 aromatic rings. The molecule has 168 valence electrons. The zero-order valence-electron chi connectivity index (χ0n) is 18.8. The number of carbonyl (C=O) groups excluding carboxylic acids is 1. The topological polar surface area (TPSA) is 98.2 Å². The first-order valence-electron chi connectivity index (χ1n) is 9.99. The van der Waals surface area contributed by atoms with Gasteiger partial charge in [-0.25, -0.2) is 14.6 Å². The van der Waals surface area contributed by atoms with Crippen molar-refractivity contribution < 1.29 is 28.9 Å². The number of rotatable bonds is 9. The highest BCUT2D eigenvalue weighted by Crippen LogP contribution is 2.30. The minimum Gasteiger partial charge on any atom is -0.496 e. The second kappa shape index (κ2) is 10.8. The fourth-order valence-electron chi connectivity index (χ4n) is 3.41. The van der Waals surface area contributed by atoms with Gasteiger partial charge in [-0.15, -0.1) is 0 Å². The van der Waals surface area contributed by atoms with E-state index in [0.29, 0.717) is 11.6 Å². The summed E-state index contributed by atoms with van der Waals surface area (Å²) in [6, 6.07) is 7.38. The lowest BCUT2D eigenvalue weighted by atomic mass is 10.0. The SMILES string of the molecule is COC(=O)N(Cc1cccc(C[C@H](OC(C)C)C(=O)O)c1)c1ncc(C)c(OC)c1C. The van der Waals surface area contributed by atoms with Crippen molar-refractivity contribution in [3.05, 3.63) is 52.7 Å². The third-order valence-corrected chi connectivity index (χ3v) is 4.73. The number of aryl methyl sites for hydroxylation is 1. The van der Waals surface area contributed by atoms with Crippen LogP contribution >= 0.6 is 0 Å². The van der Waals surface area contributed by atoms with E-state index >= 15 is 0 Å². The molecule has 8 heteroatoms. The number of carbonyl (C=O) groups is 2. The number of ether oxygens (including phenoxy) is 3. The molecule has 1 N–H and O–H groups in total. The van der Waals surface area contributed by atoms with Crippen LogP contribution in [0.5, 0.6) is 5.75 Å². The molecular formula is C23H30N2O6. The maximum Gasteiger partial charge on any atom is 0.415 e. The van der Waals surface area contributed by atoms with Crippen molar-refractivity contribution in [2.24, 2.45) is 0 Å². The van der Waals surface area contributed by atoms with E-state index in [-0.39, 0.29) is 19.1 Å². The quantitative estimate of drug-likeness (QED) is 0.644. The standard InChI is InChI=1S/C23H30N2O6/c1-14(2)31-19(22(26)27)11-17-8-7-9-18(10-17)13-25(23(28)30-6)21-16(4)20(29-5)15(3)12-24-21/h7-10,12,14,19H,11,13H2,1-6H3,(H,26,27)/t19-/m0/s1. The highest BCUT2D eigenvalue weighted by atomic mass is 16.5. The second-order valence-corrected chi connectivity index (χ2v) is 7.52. The third-order valence-electron chi connectivity index (χ3n) is 4.73. The lowest BCUT2D eigenvalue weighted by molar-refractivity contribution is -0.153. The van der Waals surface area contributed by atoms with Gasteiger partial charge in [0.1, 0.15) is 11.6 Å². The Balaban J connectivity index is 2.34. The Kier molecular flexibility index (Phi) is 8.38. The molecule has 1 amide bonds. The van der Waals surface area contributed by atoms with E-state index < -0.39 is 18.2 Å². The Bertz CT molecular complexity index is 928. The minimum absolute atomic E-state index is 0.198. The average Bonchev–Trinajstić information content (AvgIpc) is 2.72. The van der Waals surface area contributed by atoms with E-state index in [2.05, 4.69) is 4.98 Å². The van der Waals surface area contributed by atoms with E-state index in [1.807, 2.05) is 38.1 Å². The Hall–Kier alpha value is -3.13. The number of hydrogen-bond acceptors (Lipinski definition) is 6. The number of pyridine rings is 1. The Morgan fingerprint density at radius 3 is 2.42 bits per heavy atom. The molecule has 8 nitrogen and oxygen atoms in total. The zero-order valence-corrected chi connectivity index (χ0v) is 18.8. The molecule has 1 aromatic heterocycles. The Labute approximate surface area is 182 Å². The van der Waals surface area contributed by atoms with Gasteiger partial charge in [0.25, 0.3) is 0 Å². The summed E-state index contributed by atoms with van der Waals surface area (Å²) in [5.74, 6) is 0.0795. The van der Waals surface area contributed by atoms with Crippen molar-refractivity contribution >= 4 is 17.9 Å². The van der Waals surface area contributed by atoms with Crippen LogP contribution < -0.4 is 9.64 Å². The molecule has 0 bridgehead atoms. The smallest absolute Gasteiger partial charge is 0.415 e.